The molecule has 0 fully saturated rings. The van der Waals surface area contributed by atoms with Crippen molar-refractivity contribution in [3.8, 4) is 17.0 Å². The lowest BCUT2D eigenvalue weighted by atomic mass is 10.1. The second-order valence-corrected chi connectivity index (χ2v) is 6.79. The number of esters is 1. The SMILES string of the molecule is CC.COc1ccc(-c2nccnc2CNCC(=O)OC(C)(C)C)c(Cl)c1. The van der Waals surface area contributed by atoms with Gasteiger partial charge in [0.1, 0.15) is 11.4 Å². The van der Waals surface area contributed by atoms with Gasteiger partial charge in [0.2, 0.25) is 0 Å². The first kappa shape index (κ1) is 22.9. The smallest absolute Gasteiger partial charge is 0.320 e. The molecule has 0 aliphatic carbocycles. The average Bonchev–Trinajstić information content (AvgIpc) is 2.62. The molecule has 0 bridgehead atoms. The van der Waals surface area contributed by atoms with Gasteiger partial charge < -0.3 is 14.8 Å². The maximum Gasteiger partial charge on any atom is 0.320 e. The van der Waals surface area contributed by atoms with E-state index >= 15 is 0 Å². The van der Waals surface area contributed by atoms with Crippen LogP contribution in [0, 0.1) is 0 Å². The van der Waals surface area contributed by atoms with Gasteiger partial charge in [-0.2, -0.15) is 0 Å². The van der Waals surface area contributed by atoms with Gasteiger partial charge in [-0.25, -0.2) is 0 Å². The fourth-order valence-corrected chi connectivity index (χ4v) is 2.46. The van der Waals surface area contributed by atoms with E-state index in [9.17, 15) is 4.79 Å². The molecule has 1 N–H and O–H groups in total. The first-order valence-corrected chi connectivity index (χ1v) is 9.24. The topological polar surface area (TPSA) is 73.3 Å². The van der Waals surface area contributed by atoms with Crippen LogP contribution < -0.4 is 10.1 Å². The Morgan fingerprint density at radius 1 is 1.19 bits per heavy atom. The van der Waals surface area contributed by atoms with Crippen LogP contribution in [0.1, 0.15) is 40.3 Å². The Balaban J connectivity index is 0.00000176. The summed E-state index contributed by atoms with van der Waals surface area (Å²) >= 11 is 6.33. The molecule has 2 rings (SSSR count). The number of benzene rings is 1. The second kappa shape index (κ2) is 10.8. The normalized spacial score (nSPS) is 10.6. The number of carbonyl (C=O) groups is 1. The molecule has 0 aliphatic rings. The number of hydrogen-bond acceptors (Lipinski definition) is 6. The number of hydrogen-bond donors (Lipinski definition) is 1. The van der Waals surface area contributed by atoms with Gasteiger partial charge in [-0.15, -0.1) is 0 Å². The van der Waals surface area contributed by atoms with E-state index in [-0.39, 0.29) is 12.5 Å². The third-order valence-corrected chi connectivity index (χ3v) is 3.50. The molecular weight excluding hydrogens is 366 g/mol. The highest BCUT2D eigenvalue weighted by molar-refractivity contribution is 6.33. The summed E-state index contributed by atoms with van der Waals surface area (Å²) in [5, 5.41) is 3.55. The zero-order valence-electron chi connectivity index (χ0n) is 16.8. The van der Waals surface area contributed by atoms with Gasteiger partial charge >= 0.3 is 5.97 Å². The molecule has 0 saturated carbocycles. The van der Waals surface area contributed by atoms with Gasteiger partial charge in [0, 0.05) is 24.5 Å². The summed E-state index contributed by atoms with van der Waals surface area (Å²) in [6.45, 7) is 9.94. The number of carbonyl (C=O) groups excluding carboxylic acids is 1. The van der Waals surface area contributed by atoms with Crippen molar-refractivity contribution in [3.63, 3.8) is 0 Å². The van der Waals surface area contributed by atoms with E-state index < -0.39 is 5.60 Å². The minimum absolute atomic E-state index is 0.0869. The van der Waals surface area contributed by atoms with Crippen LogP contribution >= 0.6 is 11.6 Å². The Morgan fingerprint density at radius 2 is 1.85 bits per heavy atom. The zero-order valence-corrected chi connectivity index (χ0v) is 17.6. The van der Waals surface area contributed by atoms with Crippen LogP contribution in [0.4, 0.5) is 0 Å². The number of rotatable bonds is 6. The average molecular weight is 394 g/mol. The van der Waals surface area contributed by atoms with Crippen LogP contribution in [0.3, 0.4) is 0 Å². The molecule has 7 heteroatoms. The fourth-order valence-electron chi connectivity index (χ4n) is 2.20. The Kier molecular flexibility index (Phi) is 9.18. The molecule has 0 aliphatic heterocycles. The maximum atomic E-state index is 11.8. The second-order valence-electron chi connectivity index (χ2n) is 6.39. The Bertz CT molecular complexity index is 745. The summed E-state index contributed by atoms with van der Waals surface area (Å²) in [6.07, 6.45) is 3.21. The third-order valence-electron chi connectivity index (χ3n) is 3.19. The summed E-state index contributed by atoms with van der Waals surface area (Å²) in [6, 6.07) is 5.37. The Labute approximate surface area is 166 Å². The van der Waals surface area contributed by atoms with Crippen molar-refractivity contribution in [1.82, 2.24) is 15.3 Å². The molecule has 1 aromatic carbocycles. The van der Waals surface area contributed by atoms with Crippen LogP contribution in [0.25, 0.3) is 11.3 Å². The van der Waals surface area contributed by atoms with E-state index in [1.165, 1.54) is 0 Å². The van der Waals surface area contributed by atoms with Crippen LogP contribution in [0.5, 0.6) is 5.75 Å². The van der Waals surface area contributed by atoms with Gasteiger partial charge in [-0.3, -0.25) is 14.8 Å². The molecule has 1 heterocycles. The van der Waals surface area contributed by atoms with Crippen LogP contribution in [-0.2, 0) is 16.1 Å². The Hall–Kier alpha value is -2.18. The van der Waals surface area contributed by atoms with E-state index in [2.05, 4.69) is 15.3 Å². The van der Waals surface area contributed by atoms with Gasteiger partial charge in [0.25, 0.3) is 0 Å². The summed E-state index contributed by atoms with van der Waals surface area (Å²) in [7, 11) is 1.58. The molecule has 0 saturated heterocycles. The monoisotopic (exact) mass is 393 g/mol. The molecule has 0 spiro atoms. The highest BCUT2D eigenvalue weighted by atomic mass is 35.5. The summed E-state index contributed by atoms with van der Waals surface area (Å²) in [5.41, 5.74) is 1.60. The minimum atomic E-state index is -0.507. The highest BCUT2D eigenvalue weighted by Crippen LogP contribution is 2.31. The molecule has 0 radical (unpaired) electrons. The Morgan fingerprint density at radius 3 is 2.44 bits per heavy atom. The van der Waals surface area contributed by atoms with Gasteiger partial charge in [-0.05, 0) is 39.0 Å². The lowest BCUT2D eigenvalue weighted by Gasteiger charge is -2.19. The lowest BCUT2D eigenvalue weighted by Crippen LogP contribution is -2.31. The van der Waals surface area contributed by atoms with Gasteiger partial charge in [0.05, 0.1) is 30.1 Å². The van der Waals surface area contributed by atoms with Crippen LogP contribution in [-0.4, -0.2) is 35.2 Å². The van der Waals surface area contributed by atoms with E-state index in [0.717, 1.165) is 5.56 Å². The predicted octanol–water partition coefficient (Wildman–Crippen LogP) is 4.26. The van der Waals surface area contributed by atoms with Crippen LogP contribution in [0.2, 0.25) is 5.02 Å². The molecule has 27 heavy (non-hydrogen) atoms. The number of aromatic nitrogens is 2. The number of ether oxygens (including phenoxy) is 2. The lowest BCUT2D eigenvalue weighted by molar-refractivity contribution is -0.153. The molecule has 2 aromatic rings. The molecule has 148 valence electrons. The standard InChI is InChI=1S/C18H22ClN3O3.C2H6/c1-18(2,3)25-16(23)11-20-10-15-17(22-8-7-21-15)13-6-5-12(24-4)9-14(13)19;1-2/h5-9,20H,10-11H2,1-4H3;1-2H3. The quantitative estimate of drug-likeness (QED) is 0.739. The van der Waals surface area contributed by atoms with E-state index in [1.807, 2.05) is 46.8 Å². The molecule has 0 atom stereocenters. The number of nitrogens with one attached hydrogen (secondary N) is 1. The first-order valence-electron chi connectivity index (χ1n) is 8.86. The molecule has 6 nitrogen and oxygen atoms in total. The van der Waals surface area contributed by atoms with E-state index in [0.29, 0.717) is 28.7 Å². The largest absolute Gasteiger partial charge is 0.497 e. The van der Waals surface area contributed by atoms with E-state index in [4.69, 9.17) is 21.1 Å². The summed E-state index contributed by atoms with van der Waals surface area (Å²) in [5.74, 6) is 0.350. The van der Waals surface area contributed by atoms with Crippen molar-refractivity contribution in [2.24, 2.45) is 0 Å². The van der Waals surface area contributed by atoms with Crippen molar-refractivity contribution in [2.75, 3.05) is 13.7 Å². The zero-order chi connectivity index (χ0) is 20.4. The van der Waals surface area contributed by atoms with Crippen molar-refractivity contribution in [1.29, 1.82) is 0 Å². The highest BCUT2D eigenvalue weighted by Gasteiger charge is 2.16. The van der Waals surface area contributed by atoms with E-state index in [1.54, 1.807) is 25.6 Å². The molecule has 0 amide bonds. The first-order chi connectivity index (χ1) is 12.8. The van der Waals surface area contributed by atoms with Crippen molar-refractivity contribution < 1.29 is 14.3 Å². The van der Waals surface area contributed by atoms with Crippen molar-refractivity contribution >= 4 is 17.6 Å². The van der Waals surface area contributed by atoms with Crippen molar-refractivity contribution in [3.05, 3.63) is 41.3 Å². The van der Waals surface area contributed by atoms with Crippen molar-refractivity contribution in [2.45, 2.75) is 46.8 Å². The molecular formula is C20H28ClN3O3. The summed E-state index contributed by atoms with van der Waals surface area (Å²) in [4.78, 5) is 20.5. The number of methoxy groups -OCH3 is 1. The third kappa shape index (κ3) is 7.53. The minimum Gasteiger partial charge on any atom is -0.497 e. The number of nitrogens with zero attached hydrogens (tertiary/aromatic N) is 2. The van der Waals surface area contributed by atoms with Gasteiger partial charge in [-0.1, -0.05) is 25.4 Å². The van der Waals surface area contributed by atoms with Gasteiger partial charge in [0.15, 0.2) is 0 Å². The summed E-state index contributed by atoms with van der Waals surface area (Å²) < 4.78 is 10.4. The predicted molar refractivity (Wildman–Crippen MR) is 108 cm³/mol. The fraction of sp³-hybridized carbons (Fsp3) is 0.450. The molecule has 1 aromatic heterocycles. The number of halogens is 1. The maximum absolute atomic E-state index is 11.8. The van der Waals surface area contributed by atoms with Crippen LogP contribution in [0.15, 0.2) is 30.6 Å². The molecule has 0 unspecified atom stereocenters.